The van der Waals surface area contributed by atoms with Gasteiger partial charge in [0.25, 0.3) is 0 Å². The Hall–Kier alpha value is -3.02. The van der Waals surface area contributed by atoms with Gasteiger partial charge < -0.3 is 10.2 Å². The molecule has 0 spiro atoms. The second-order valence-corrected chi connectivity index (χ2v) is 6.78. The van der Waals surface area contributed by atoms with Gasteiger partial charge in [0.2, 0.25) is 0 Å². The Labute approximate surface area is 154 Å². The number of nitrogens with zero attached hydrogens (tertiary/aromatic N) is 1. The summed E-state index contributed by atoms with van der Waals surface area (Å²) < 4.78 is 38.1. The van der Waals surface area contributed by atoms with E-state index < -0.39 is 11.7 Å². The molecule has 2 N–H and O–H groups in total. The highest BCUT2D eigenvalue weighted by molar-refractivity contribution is 6.07. The lowest BCUT2D eigenvalue weighted by Crippen LogP contribution is -2.34. The Morgan fingerprint density at radius 2 is 1.74 bits per heavy atom. The summed E-state index contributed by atoms with van der Waals surface area (Å²) in [6.45, 7) is 2.77. The van der Waals surface area contributed by atoms with Gasteiger partial charge in [-0.3, -0.25) is 5.41 Å². The molecule has 0 fully saturated rings. The predicted molar refractivity (Wildman–Crippen MR) is 103 cm³/mol. The Morgan fingerprint density at radius 3 is 2.44 bits per heavy atom. The molecule has 1 heterocycles. The molecule has 4 rings (SSSR count). The van der Waals surface area contributed by atoms with Crippen molar-refractivity contribution in [2.75, 3.05) is 16.8 Å². The van der Waals surface area contributed by atoms with Crippen molar-refractivity contribution in [1.29, 1.82) is 5.41 Å². The van der Waals surface area contributed by atoms with Gasteiger partial charge in [-0.2, -0.15) is 13.2 Å². The zero-order valence-corrected chi connectivity index (χ0v) is 14.6. The van der Waals surface area contributed by atoms with Gasteiger partial charge in [0.15, 0.2) is 5.96 Å². The molecule has 0 aromatic heterocycles. The summed E-state index contributed by atoms with van der Waals surface area (Å²) in [7, 11) is 0. The number of rotatable bonds is 1. The first-order valence-corrected chi connectivity index (χ1v) is 8.66. The maximum absolute atomic E-state index is 12.7. The highest BCUT2D eigenvalue weighted by Gasteiger charge is 2.31. The molecule has 3 nitrogen and oxygen atoms in total. The molecule has 0 saturated carbocycles. The van der Waals surface area contributed by atoms with Gasteiger partial charge in [-0.05, 0) is 46.7 Å². The van der Waals surface area contributed by atoms with E-state index in [9.17, 15) is 13.2 Å². The topological polar surface area (TPSA) is 39.1 Å². The highest BCUT2D eigenvalue weighted by atomic mass is 19.4. The molecular formula is C21H18F3N3. The average molecular weight is 369 g/mol. The molecule has 138 valence electrons. The third-order valence-electron chi connectivity index (χ3n) is 4.93. The summed E-state index contributed by atoms with van der Waals surface area (Å²) in [6.07, 6.45) is -4.36. The van der Waals surface area contributed by atoms with Crippen LogP contribution in [0.25, 0.3) is 10.8 Å². The monoisotopic (exact) mass is 369 g/mol. The summed E-state index contributed by atoms with van der Waals surface area (Å²) in [5.74, 6) is 0.400. The number of halogens is 3. The SMILES string of the molecule is CC1CN(C(=N)Nc2ccc(C(F)(F)F)cc2)c2ccc3ccccc3c21. The number of fused-ring (bicyclic) bond motifs is 3. The van der Waals surface area contributed by atoms with Crippen LogP contribution in [0.3, 0.4) is 0 Å². The van der Waals surface area contributed by atoms with Crippen LogP contribution in [0.1, 0.15) is 24.0 Å². The Bertz CT molecular complexity index is 1010. The van der Waals surface area contributed by atoms with Gasteiger partial charge >= 0.3 is 6.18 Å². The van der Waals surface area contributed by atoms with Crippen molar-refractivity contribution in [3.05, 3.63) is 71.8 Å². The summed E-state index contributed by atoms with van der Waals surface area (Å²) in [5, 5.41) is 13.7. The van der Waals surface area contributed by atoms with Crippen LogP contribution >= 0.6 is 0 Å². The molecular weight excluding hydrogens is 351 g/mol. The van der Waals surface area contributed by atoms with Crippen molar-refractivity contribution >= 4 is 28.1 Å². The highest BCUT2D eigenvalue weighted by Crippen LogP contribution is 2.41. The second kappa shape index (κ2) is 6.30. The fourth-order valence-electron chi connectivity index (χ4n) is 3.66. The van der Waals surface area contributed by atoms with Gasteiger partial charge in [-0.1, -0.05) is 37.3 Å². The predicted octanol–water partition coefficient (Wildman–Crippen LogP) is 5.83. The van der Waals surface area contributed by atoms with Gasteiger partial charge in [0.1, 0.15) is 0 Å². The van der Waals surface area contributed by atoms with Crippen LogP contribution in [0.4, 0.5) is 24.5 Å². The van der Waals surface area contributed by atoms with Crippen LogP contribution in [0, 0.1) is 5.41 Å². The minimum Gasteiger partial charge on any atom is -0.326 e. The van der Waals surface area contributed by atoms with E-state index in [-0.39, 0.29) is 11.9 Å². The minimum absolute atomic E-state index is 0.149. The third-order valence-corrected chi connectivity index (χ3v) is 4.93. The average Bonchev–Trinajstić information content (AvgIpc) is 2.99. The van der Waals surface area contributed by atoms with Crippen LogP contribution in [-0.2, 0) is 6.18 Å². The van der Waals surface area contributed by atoms with Crippen molar-refractivity contribution in [2.24, 2.45) is 0 Å². The van der Waals surface area contributed by atoms with E-state index in [1.807, 2.05) is 29.2 Å². The first-order chi connectivity index (χ1) is 12.8. The van der Waals surface area contributed by atoms with Gasteiger partial charge in [-0.25, -0.2) is 0 Å². The molecule has 1 unspecified atom stereocenters. The Morgan fingerprint density at radius 1 is 1.04 bits per heavy atom. The zero-order valence-electron chi connectivity index (χ0n) is 14.6. The Balaban J connectivity index is 1.60. The fourth-order valence-corrected chi connectivity index (χ4v) is 3.66. The molecule has 0 saturated heterocycles. The summed E-state index contributed by atoms with van der Waals surface area (Å²) >= 11 is 0. The number of anilines is 2. The molecule has 0 amide bonds. The molecule has 1 aliphatic heterocycles. The van der Waals surface area contributed by atoms with E-state index in [2.05, 4.69) is 24.4 Å². The van der Waals surface area contributed by atoms with E-state index in [1.54, 1.807) is 0 Å². The number of hydrogen-bond acceptors (Lipinski definition) is 1. The molecule has 3 aromatic rings. The van der Waals surface area contributed by atoms with Crippen LogP contribution in [0.5, 0.6) is 0 Å². The van der Waals surface area contributed by atoms with E-state index in [0.717, 1.165) is 23.2 Å². The van der Waals surface area contributed by atoms with Gasteiger partial charge in [0, 0.05) is 23.8 Å². The first-order valence-electron chi connectivity index (χ1n) is 8.66. The normalized spacial score (nSPS) is 16.4. The number of guanidine groups is 1. The first kappa shape index (κ1) is 17.4. The summed E-state index contributed by atoms with van der Waals surface area (Å²) in [6, 6.07) is 16.9. The molecule has 0 aliphatic carbocycles. The number of hydrogen-bond donors (Lipinski definition) is 2. The molecule has 3 aromatic carbocycles. The van der Waals surface area contributed by atoms with Crippen molar-refractivity contribution in [2.45, 2.75) is 19.0 Å². The van der Waals surface area contributed by atoms with E-state index in [1.165, 1.54) is 23.1 Å². The van der Waals surface area contributed by atoms with E-state index in [4.69, 9.17) is 5.41 Å². The van der Waals surface area contributed by atoms with E-state index >= 15 is 0 Å². The van der Waals surface area contributed by atoms with Gasteiger partial charge in [0.05, 0.1) is 5.56 Å². The van der Waals surface area contributed by atoms with Crippen molar-refractivity contribution in [3.8, 4) is 0 Å². The molecule has 0 radical (unpaired) electrons. The van der Waals surface area contributed by atoms with Crippen LogP contribution in [0.2, 0.25) is 0 Å². The smallest absolute Gasteiger partial charge is 0.326 e. The van der Waals surface area contributed by atoms with Gasteiger partial charge in [-0.15, -0.1) is 0 Å². The molecule has 0 bridgehead atoms. The third kappa shape index (κ3) is 3.12. The van der Waals surface area contributed by atoms with Crippen molar-refractivity contribution in [3.63, 3.8) is 0 Å². The molecule has 6 heteroatoms. The summed E-state index contributed by atoms with van der Waals surface area (Å²) in [4.78, 5) is 1.87. The lowest BCUT2D eigenvalue weighted by Gasteiger charge is -2.22. The Kier molecular flexibility index (Phi) is 4.06. The largest absolute Gasteiger partial charge is 0.416 e. The maximum atomic E-state index is 12.7. The maximum Gasteiger partial charge on any atom is 0.416 e. The quantitative estimate of drug-likeness (QED) is 0.418. The summed E-state index contributed by atoms with van der Waals surface area (Å²) in [5.41, 5.74) is 1.92. The van der Waals surface area contributed by atoms with Crippen molar-refractivity contribution in [1.82, 2.24) is 0 Å². The van der Waals surface area contributed by atoms with Crippen LogP contribution in [0.15, 0.2) is 60.7 Å². The number of nitrogens with one attached hydrogen (secondary N) is 2. The molecule has 1 atom stereocenters. The number of alkyl halides is 3. The van der Waals surface area contributed by atoms with Crippen LogP contribution < -0.4 is 10.2 Å². The van der Waals surface area contributed by atoms with Crippen LogP contribution in [-0.4, -0.2) is 12.5 Å². The lowest BCUT2D eigenvalue weighted by atomic mass is 9.96. The number of benzene rings is 3. The lowest BCUT2D eigenvalue weighted by molar-refractivity contribution is -0.137. The van der Waals surface area contributed by atoms with Crippen molar-refractivity contribution < 1.29 is 13.2 Å². The molecule has 27 heavy (non-hydrogen) atoms. The molecule has 1 aliphatic rings. The fraction of sp³-hybridized carbons (Fsp3) is 0.190. The standard InChI is InChI=1S/C21H18F3N3/c1-13-12-27(18-11-6-14-4-2-3-5-17(14)19(13)18)20(25)26-16-9-7-15(8-10-16)21(22,23)24/h2-11,13H,12H2,1H3,(H2,25,26). The van der Waals surface area contributed by atoms with E-state index in [0.29, 0.717) is 12.2 Å². The minimum atomic E-state index is -4.36. The second-order valence-electron chi connectivity index (χ2n) is 6.78. The zero-order chi connectivity index (χ0) is 19.2.